The first-order chi connectivity index (χ1) is 9.60. The van der Waals surface area contributed by atoms with Gasteiger partial charge >= 0.3 is 0 Å². The van der Waals surface area contributed by atoms with Gasteiger partial charge in [0, 0.05) is 5.56 Å². The first-order valence-electron chi connectivity index (χ1n) is 7.42. The topological polar surface area (TPSA) is 9.23 Å². The van der Waals surface area contributed by atoms with Crippen LogP contribution in [0.25, 0.3) is 0 Å². The number of alkyl halides is 1. The second-order valence-corrected chi connectivity index (χ2v) is 6.19. The second-order valence-electron chi connectivity index (χ2n) is 5.92. The predicted octanol–water partition coefficient (Wildman–Crippen LogP) is 4.79. The van der Waals surface area contributed by atoms with Gasteiger partial charge in [0.05, 0.1) is 12.0 Å². The van der Waals surface area contributed by atoms with Crippen LogP contribution in [-0.2, 0) is 0 Å². The van der Waals surface area contributed by atoms with E-state index in [9.17, 15) is 0 Å². The van der Waals surface area contributed by atoms with Crippen LogP contribution in [0.15, 0.2) is 18.2 Å². The van der Waals surface area contributed by atoms with E-state index in [1.807, 2.05) is 12.1 Å². The summed E-state index contributed by atoms with van der Waals surface area (Å²) in [4.78, 5) is 0. The van der Waals surface area contributed by atoms with Gasteiger partial charge in [-0.1, -0.05) is 25.7 Å². The minimum absolute atomic E-state index is 0.361. The van der Waals surface area contributed by atoms with Crippen molar-refractivity contribution in [3.63, 3.8) is 0 Å². The monoisotopic (exact) mass is 290 g/mol. The number of hydrogen-bond donors (Lipinski definition) is 0. The van der Waals surface area contributed by atoms with Crippen LogP contribution in [-0.4, -0.2) is 12.0 Å². The lowest BCUT2D eigenvalue weighted by molar-refractivity contribution is 0.1000. The molecule has 1 saturated carbocycles. The van der Waals surface area contributed by atoms with Crippen molar-refractivity contribution in [2.45, 2.75) is 46.1 Å². The highest BCUT2D eigenvalue weighted by atomic mass is 35.5. The van der Waals surface area contributed by atoms with Crippen molar-refractivity contribution in [3.05, 3.63) is 29.3 Å². The van der Waals surface area contributed by atoms with E-state index in [0.717, 1.165) is 35.1 Å². The van der Waals surface area contributed by atoms with E-state index in [2.05, 4.69) is 38.7 Å². The predicted molar refractivity (Wildman–Crippen MR) is 85.4 cm³/mol. The van der Waals surface area contributed by atoms with E-state index in [-0.39, 0.29) is 0 Å². The zero-order chi connectivity index (χ0) is 14.5. The molecule has 0 aliphatic heterocycles. The molecular weight excluding hydrogens is 268 g/mol. The summed E-state index contributed by atoms with van der Waals surface area (Å²) in [5.74, 6) is 8.86. The van der Waals surface area contributed by atoms with Gasteiger partial charge in [-0.2, -0.15) is 0 Å². The standard InChI is InChI=1S/C18H23ClO/c1-13-6-8-17(12-14(13)2)20-18-9-7-16(5-4-10-19)11-15(18)3/h7,9,11,13-14,17H,6,8,10,12H2,1-3H3. The molecule has 0 radical (unpaired) electrons. The zero-order valence-corrected chi connectivity index (χ0v) is 13.3. The smallest absolute Gasteiger partial charge is 0.122 e. The Morgan fingerprint density at radius 3 is 2.70 bits per heavy atom. The van der Waals surface area contributed by atoms with Crippen LogP contribution in [0.2, 0.25) is 0 Å². The molecule has 1 fully saturated rings. The maximum atomic E-state index is 6.19. The summed E-state index contributed by atoms with van der Waals surface area (Å²) in [5, 5.41) is 0. The summed E-state index contributed by atoms with van der Waals surface area (Å²) >= 11 is 5.58. The van der Waals surface area contributed by atoms with Gasteiger partial charge < -0.3 is 4.74 Å². The maximum absolute atomic E-state index is 6.19. The van der Waals surface area contributed by atoms with Crippen LogP contribution >= 0.6 is 11.6 Å². The largest absolute Gasteiger partial charge is 0.490 e. The first kappa shape index (κ1) is 15.3. The van der Waals surface area contributed by atoms with Gasteiger partial charge in [-0.05, 0) is 61.8 Å². The number of rotatable bonds is 2. The Labute approximate surface area is 127 Å². The van der Waals surface area contributed by atoms with Gasteiger partial charge in [-0.3, -0.25) is 0 Å². The number of benzene rings is 1. The van der Waals surface area contributed by atoms with Gasteiger partial charge in [-0.25, -0.2) is 0 Å². The van der Waals surface area contributed by atoms with Crippen LogP contribution in [0.1, 0.15) is 44.2 Å². The minimum Gasteiger partial charge on any atom is -0.490 e. The van der Waals surface area contributed by atoms with Crippen LogP contribution in [0.5, 0.6) is 5.75 Å². The molecule has 0 saturated heterocycles. The Morgan fingerprint density at radius 1 is 1.25 bits per heavy atom. The van der Waals surface area contributed by atoms with Crippen molar-refractivity contribution in [2.75, 3.05) is 5.88 Å². The zero-order valence-electron chi connectivity index (χ0n) is 12.6. The molecule has 20 heavy (non-hydrogen) atoms. The molecule has 0 aromatic heterocycles. The number of ether oxygens (including phenoxy) is 1. The van der Waals surface area contributed by atoms with Gasteiger partial charge in [-0.15, -0.1) is 11.6 Å². The van der Waals surface area contributed by atoms with Crippen LogP contribution in [0, 0.1) is 30.6 Å². The molecule has 3 unspecified atom stereocenters. The molecule has 0 bridgehead atoms. The van der Waals surface area contributed by atoms with Crippen molar-refractivity contribution in [2.24, 2.45) is 11.8 Å². The van der Waals surface area contributed by atoms with Gasteiger partial charge in [0.25, 0.3) is 0 Å². The molecule has 1 nitrogen and oxygen atoms in total. The van der Waals surface area contributed by atoms with Crippen molar-refractivity contribution in [3.8, 4) is 17.6 Å². The molecule has 1 aliphatic rings. The van der Waals surface area contributed by atoms with Crippen molar-refractivity contribution in [1.82, 2.24) is 0 Å². The number of aryl methyl sites for hydroxylation is 1. The summed E-state index contributed by atoms with van der Waals surface area (Å²) in [6, 6.07) is 6.12. The van der Waals surface area contributed by atoms with E-state index in [1.54, 1.807) is 0 Å². The van der Waals surface area contributed by atoms with Gasteiger partial charge in [0.15, 0.2) is 0 Å². The quantitative estimate of drug-likeness (QED) is 0.562. The molecule has 0 amide bonds. The molecule has 1 aromatic rings. The summed E-state index contributed by atoms with van der Waals surface area (Å²) in [6.45, 7) is 6.75. The van der Waals surface area contributed by atoms with Crippen molar-refractivity contribution >= 4 is 11.6 Å². The molecular formula is C18H23ClO. The molecule has 108 valence electrons. The molecule has 3 atom stereocenters. The van der Waals surface area contributed by atoms with Gasteiger partial charge in [0.2, 0.25) is 0 Å². The average Bonchev–Trinajstić information content (AvgIpc) is 2.43. The second kappa shape index (κ2) is 7.04. The number of hydrogen-bond acceptors (Lipinski definition) is 1. The minimum atomic E-state index is 0.361. The Balaban J connectivity index is 2.03. The Morgan fingerprint density at radius 2 is 2.05 bits per heavy atom. The van der Waals surface area contributed by atoms with Crippen LogP contribution in [0.3, 0.4) is 0 Å². The lowest BCUT2D eigenvalue weighted by atomic mass is 9.80. The first-order valence-corrected chi connectivity index (χ1v) is 7.95. The SMILES string of the molecule is Cc1cc(C#CCCl)ccc1OC1CCC(C)C(C)C1. The molecule has 1 aromatic carbocycles. The van der Waals surface area contributed by atoms with E-state index < -0.39 is 0 Å². The summed E-state index contributed by atoms with van der Waals surface area (Å²) in [5.41, 5.74) is 2.15. The third-order valence-electron chi connectivity index (χ3n) is 4.32. The fraction of sp³-hybridized carbons (Fsp3) is 0.556. The third kappa shape index (κ3) is 3.93. The number of halogens is 1. The average molecular weight is 291 g/mol. The fourth-order valence-electron chi connectivity index (χ4n) is 2.78. The fourth-order valence-corrected chi connectivity index (χ4v) is 2.85. The van der Waals surface area contributed by atoms with Gasteiger partial charge in [0.1, 0.15) is 5.75 Å². The van der Waals surface area contributed by atoms with Crippen molar-refractivity contribution < 1.29 is 4.74 Å². The van der Waals surface area contributed by atoms with Crippen molar-refractivity contribution in [1.29, 1.82) is 0 Å². The lowest BCUT2D eigenvalue weighted by Crippen LogP contribution is -2.28. The molecule has 2 heteroatoms. The normalized spacial score (nSPS) is 25.7. The van der Waals surface area contributed by atoms with Crippen LogP contribution < -0.4 is 4.74 Å². The highest BCUT2D eigenvalue weighted by molar-refractivity contribution is 6.19. The Kier molecular flexibility index (Phi) is 5.38. The van der Waals surface area contributed by atoms with E-state index >= 15 is 0 Å². The van der Waals surface area contributed by atoms with Crippen LogP contribution in [0.4, 0.5) is 0 Å². The molecule has 2 rings (SSSR count). The van der Waals surface area contributed by atoms with E-state index in [1.165, 1.54) is 12.8 Å². The Hall–Kier alpha value is -1.13. The highest BCUT2D eigenvalue weighted by Crippen LogP contribution is 2.32. The third-order valence-corrected chi connectivity index (χ3v) is 4.45. The Bertz CT molecular complexity index is 512. The molecule has 0 N–H and O–H groups in total. The lowest BCUT2D eigenvalue weighted by Gasteiger charge is -2.32. The molecule has 0 spiro atoms. The summed E-state index contributed by atoms with van der Waals surface area (Å²) in [7, 11) is 0. The summed E-state index contributed by atoms with van der Waals surface area (Å²) in [6.07, 6.45) is 3.96. The van der Waals surface area contributed by atoms with E-state index in [4.69, 9.17) is 16.3 Å². The molecule has 0 heterocycles. The van der Waals surface area contributed by atoms with E-state index in [0.29, 0.717) is 12.0 Å². The summed E-state index contributed by atoms with van der Waals surface area (Å²) < 4.78 is 6.19. The molecule has 1 aliphatic carbocycles. The highest BCUT2D eigenvalue weighted by Gasteiger charge is 2.25. The maximum Gasteiger partial charge on any atom is 0.122 e.